The van der Waals surface area contributed by atoms with Gasteiger partial charge in [-0.15, -0.1) is 0 Å². The summed E-state index contributed by atoms with van der Waals surface area (Å²) in [6.07, 6.45) is 4.31. The van der Waals surface area contributed by atoms with Crippen LogP contribution in [-0.4, -0.2) is 84.6 Å². The summed E-state index contributed by atoms with van der Waals surface area (Å²) in [6.45, 7) is 9.78. The number of phenols is 1. The second kappa shape index (κ2) is 18.4. The van der Waals surface area contributed by atoms with Gasteiger partial charge < -0.3 is 41.0 Å². The number of phenolic OH excluding ortho intramolecular Hbond substituents is 1. The summed E-state index contributed by atoms with van der Waals surface area (Å²) in [7, 11) is 0. The summed E-state index contributed by atoms with van der Waals surface area (Å²) in [5.74, 6) is 0.111. The van der Waals surface area contributed by atoms with Crippen molar-refractivity contribution < 1.29 is 33.7 Å². The van der Waals surface area contributed by atoms with Crippen LogP contribution in [0.1, 0.15) is 56.6 Å². The molecule has 1 aromatic carbocycles. The Morgan fingerprint density at radius 3 is 2.17 bits per heavy atom. The molecule has 0 fully saturated rings. The van der Waals surface area contributed by atoms with E-state index < -0.39 is 11.7 Å². The molecule has 0 saturated carbocycles. The maximum Gasteiger partial charge on any atom is 0.407 e. The van der Waals surface area contributed by atoms with Gasteiger partial charge in [-0.3, -0.25) is 14.6 Å². The van der Waals surface area contributed by atoms with E-state index in [1.165, 1.54) is 0 Å². The van der Waals surface area contributed by atoms with Crippen molar-refractivity contribution in [3.63, 3.8) is 0 Å². The molecule has 0 spiro atoms. The number of aromatic nitrogens is 2. The van der Waals surface area contributed by atoms with Crippen molar-refractivity contribution in [1.29, 1.82) is 0 Å². The zero-order chi connectivity index (χ0) is 34.2. The number of aromatic hydroxyl groups is 1. The number of pyridine rings is 2. The topological polar surface area (TPSA) is 187 Å². The number of nitrogens with two attached hydrogens (primary N) is 1. The highest BCUT2D eigenvalue weighted by Crippen LogP contribution is 2.36. The molecule has 0 aliphatic carbocycles. The number of hydrogen-bond acceptors (Lipinski definition) is 10. The van der Waals surface area contributed by atoms with Crippen molar-refractivity contribution in [1.82, 2.24) is 25.9 Å². The monoisotopic (exact) mass is 650 g/mol. The summed E-state index contributed by atoms with van der Waals surface area (Å²) in [5, 5.41) is 17.9. The molecule has 0 aliphatic rings. The number of nitrogens with one attached hydrogen (secondary N) is 3. The van der Waals surface area contributed by atoms with Crippen molar-refractivity contribution in [2.45, 2.75) is 52.6 Å². The third kappa shape index (κ3) is 12.5. The van der Waals surface area contributed by atoms with Gasteiger partial charge in [0.1, 0.15) is 22.9 Å². The second-order valence-corrected chi connectivity index (χ2v) is 11.6. The minimum Gasteiger partial charge on any atom is -0.508 e. The number of rotatable bonds is 17. The second-order valence-electron chi connectivity index (χ2n) is 11.6. The fraction of sp³-hybridized carbons (Fsp3) is 0.441. The molecule has 0 unspecified atom stereocenters. The van der Waals surface area contributed by atoms with Gasteiger partial charge in [0.25, 0.3) is 5.91 Å². The van der Waals surface area contributed by atoms with E-state index in [0.29, 0.717) is 58.1 Å². The largest absolute Gasteiger partial charge is 0.508 e. The van der Waals surface area contributed by atoms with Gasteiger partial charge in [-0.1, -0.05) is 25.1 Å². The third-order valence-corrected chi connectivity index (χ3v) is 6.75. The minimum atomic E-state index is -0.547. The molecule has 2 heterocycles. The van der Waals surface area contributed by atoms with Gasteiger partial charge in [-0.05, 0) is 62.9 Å². The summed E-state index contributed by atoms with van der Waals surface area (Å²) in [6, 6.07) is 10.3. The van der Waals surface area contributed by atoms with Crippen LogP contribution in [0.15, 0.2) is 48.8 Å². The number of carbonyl (C=O) groups excluding carboxylic acids is 3. The lowest BCUT2D eigenvalue weighted by Crippen LogP contribution is -2.34. The summed E-state index contributed by atoms with van der Waals surface area (Å²) in [5.41, 5.74) is 10.3. The number of ether oxygens (including phenoxy) is 3. The molecular weight excluding hydrogens is 604 g/mol. The minimum absolute atomic E-state index is 0.145. The van der Waals surface area contributed by atoms with E-state index in [2.05, 4.69) is 25.9 Å². The Labute approximate surface area is 275 Å². The van der Waals surface area contributed by atoms with Gasteiger partial charge in [0.05, 0.1) is 26.4 Å². The maximum absolute atomic E-state index is 12.6. The Morgan fingerprint density at radius 2 is 1.51 bits per heavy atom. The first kappa shape index (κ1) is 36.7. The third-order valence-electron chi connectivity index (χ3n) is 6.75. The molecule has 3 aromatic rings. The first-order chi connectivity index (χ1) is 22.5. The molecule has 0 saturated heterocycles. The van der Waals surface area contributed by atoms with Crippen LogP contribution in [0.4, 0.5) is 10.6 Å². The van der Waals surface area contributed by atoms with E-state index in [9.17, 15) is 19.5 Å². The smallest absolute Gasteiger partial charge is 0.407 e. The van der Waals surface area contributed by atoms with Crippen molar-refractivity contribution in [2.24, 2.45) is 0 Å². The summed E-state index contributed by atoms with van der Waals surface area (Å²) < 4.78 is 15.9. The number of alkyl carbamates (subject to hydrolysis) is 1. The van der Waals surface area contributed by atoms with Crippen LogP contribution in [0.3, 0.4) is 0 Å². The molecule has 0 atom stereocenters. The van der Waals surface area contributed by atoms with E-state index in [0.717, 1.165) is 27.8 Å². The summed E-state index contributed by atoms with van der Waals surface area (Å²) in [4.78, 5) is 45.0. The standard InChI is InChI=1S/C34H46N6O7/c1-5-26-27(22-40-31(35)30(26)23-7-10-25(41)11-8-23)24-9-12-28(39-21-24)32(43)37-15-6-14-36-29(42)13-17-45-19-20-46-18-16-38-33(44)47-34(2,3)4/h7-12,21-22,41H,5-6,13-20H2,1-4H3,(H2,35,40)(H,36,42)(H,37,43)(H,38,44). The first-order valence-electron chi connectivity index (χ1n) is 15.7. The summed E-state index contributed by atoms with van der Waals surface area (Å²) >= 11 is 0. The van der Waals surface area contributed by atoms with Crippen LogP contribution in [-0.2, 0) is 25.4 Å². The lowest BCUT2D eigenvalue weighted by Gasteiger charge is -2.19. The van der Waals surface area contributed by atoms with Gasteiger partial charge in [0, 0.05) is 55.1 Å². The van der Waals surface area contributed by atoms with Gasteiger partial charge in [0.2, 0.25) is 5.91 Å². The van der Waals surface area contributed by atoms with Crippen molar-refractivity contribution in [2.75, 3.05) is 51.8 Å². The zero-order valence-corrected chi connectivity index (χ0v) is 27.6. The molecule has 0 aliphatic heterocycles. The predicted octanol–water partition coefficient (Wildman–Crippen LogP) is 3.84. The van der Waals surface area contributed by atoms with Crippen LogP contribution in [0, 0.1) is 0 Å². The van der Waals surface area contributed by atoms with Crippen LogP contribution in [0.25, 0.3) is 22.3 Å². The Hall–Kier alpha value is -4.75. The maximum atomic E-state index is 12.6. The molecular formula is C34H46N6O7. The fourth-order valence-corrected chi connectivity index (χ4v) is 4.54. The SMILES string of the molecule is CCc1c(-c2ccc(C(=O)NCCCNC(=O)CCOCCOCCNC(=O)OC(C)(C)C)nc2)cnc(N)c1-c1ccc(O)cc1. The number of nitrogens with zero attached hydrogens (tertiary/aromatic N) is 2. The van der Waals surface area contributed by atoms with Crippen LogP contribution in [0.2, 0.25) is 0 Å². The van der Waals surface area contributed by atoms with E-state index >= 15 is 0 Å². The number of carbonyl (C=O) groups is 3. The molecule has 6 N–H and O–H groups in total. The van der Waals surface area contributed by atoms with Gasteiger partial charge in [-0.25, -0.2) is 9.78 Å². The quantitative estimate of drug-likeness (QED) is 0.134. The first-order valence-corrected chi connectivity index (χ1v) is 15.7. The van der Waals surface area contributed by atoms with E-state index in [4.69, 9.17) is 19.9 Å². The number of hydrogen-bond donors (Lipinski definition) is 5. The fourth-order valence-electron chi connectivity index (χ4n) is 4.54. The average molecular weight is 651 g/mol. The van der Waals surface area contributed by atoms with Crippen molar-refractivity contribution >= 4 is 23.7 Å². The highest BCUT2D eigenvalue weighted by Gasteiger charge is 2.17. The van der Waals surface area contributed by atoms with Crippen LogP contribution in [0.5, 0.6) is 5.75 Å². The molecule has 3 amide bonds. The molecule has 0 bridgehead atoms. The lowest BCUT2D eigenvalue weighted by molar-refractivity contribution is -0.122. The Bertz CT molecular complexity index is 1460. The zero-order valence-electron chi connectivity index (χ0n) is 27.6. The number of anilines is 1. The lowest BCUT2D eigenvalue weighted by atomic mass is 9.92. The Balaban J connectivity index is 1.31. The molecule has 47 heavy (non-hydrogen) atoms. The van der Waals surface area contributed by atoms with E-state index in [1.807, 2.05) is 13.0 Å². The molecule has 13 nitrogen and oxygen atoms in total. The number of nitrogen functional groups attached to an aromatic ring is 1. The van der Waals surface area contributed by atoms with Crippen molar-refractivity contribution in [3.05, 3.63) is 60.0 Å². The van der Waals surface area contributed by atoms with Gasteiger partial charge in [-0.2, -0.15) is 0 Å². The highest BCUT2D eigenvalue weighted by atomic mass is 16.6. The molecule has 2 aromatic heterocycles. The highest BCUT2D eigenvalue weighted by molar-refractivity contribution is 5.93. The molecule has 0 radical (unpaired) electrons. The van der Waals surface area contributed by atoms with Crippen LogP contribution >= 0.6 is 0 Å². The van der Waals surface area contributed by atoms with Gasteiger partial charge in [0.15, 0.2) is 0 Å². The average Bonchev–Trinajstić information content (AvgIpc) is 3.03. The van der Waals surface area contributed by atoms with Crippen LogP contribution < -0.4 is 21.7 Å². The Morgan fingerprint density at radius 1 is 0.830 bits per heavy atom. The van der Waals surface area contributed by atoms with Gasteiger partial charge >= 0.3 is 6.09 Å². The normalized spacial score (nSPS) is 11.1. The van der Waals surface area contributed by atoms with Crippen molar-refractivity contribution in [3.8, 4) is 28.0 Å². The predicted molar refractivity (Wildman–Crippen MR) is 179 cm³/mol. The van der Waals surface area contributed by atoms with E-state index in [1.54, 1.807) is 63.5 Å². The molecule has 13 heteroatoms. The Kier molecular flexibility index (Phi) is 14.4. The number of amides is 3. The molecule has 254 valence electrons. The number of benzene rings is 1. The molecule has 3 rings (SSSR count). The van der Waals surface area contributed by atoms with E-state index in [-0.39, 0.29) is 36.3 Å².